The predicted octanol–water partition coefficient (Wildman–Crippen LogP) is 0.945. The lowest BCUT2D eigenvalue weighted by molar-refractivity contribution is -0.133. The van der Waals surface area contributed by atoms with E-state index in [1.807, 2.05) is 0 Å². The summed E-state index contributed by atoms with van der Waals surface area (Å²) in [6.07, 6.45) is 0. The minimum absolute atomic E-state index is 0.0526. The Morgan fingerprint density at radius 2 is 2.11 bits per heavy atom. The third-order valence-corrected chi connectivity index (χ3v) is 3.48. The number of nitrogen functional groups attached to an aromatic ring is 1. The van der Waals surface area contributed by atoms with E-state index in [2.05, 4.69) is 15.9 Å². The number of nitrogens with two attached hydrogens (primary N) is 1. The number of rotatable bonds is 1. The second kappa shape index (κ2) is 4.97. The lowest BCUT2D eigenvalue weighted by Gasteiger charge is -2.32. The molecular formula is C12H14BrN3O2. The molecule has 1 aliphatic rings. The average Bonchev–Trinajstić information content (AvgIpc) is 2.35. The largest absolute Gasteiger partial charge is 0.398 e. The minimum Gasteiger partial charge on any atom is -0.398 e. The van der Waals surface area contributed by atoms with Gasteiger partial charge in [0.15, 0.2) is 0 Å². The summed E-state index contributed by atoms with van der Waals surface area (Å²) in [5.41, 5.74) is 6.65. The van der Waals surface area contributed by atoms with Gasteiger partial charge in [0.2, 0.25) is 5.91 Å². The van der Waals surface area contributed by atoms with Gasteiger partial charge in [0.05, 0.1) is 5.56 Å². The number of amides is 2. The van der Waals surface area contributed by atoms with Gasteiger partial charge in [-0.2, -0.15) is 0 Å². The van der Waals surface area contributed by atoms with Crippen LogP contribution in [0.25, 0.3) is 0 Å². The lowest BCUT2D eigenvalue weighted by atomic mass is 10.1. The topological polar surface area (TPSA) is 66.6 Å². The van der Waals surface area contributed by atoms with Gasteiger partial charge < -0.3 is 15.5 Å². The second-order valence-electron chi connectivity index (χ2n) is 4.27. The summed E-state index contributed by atoms with van der Waals surface area (Å²) in [4.78, 5) is 27.0. The van der Waals surface area contributed by atoms with Crippen LogP contribution >= 0.6 is 15.9 Å². The molecule has 0 aliphatic carbocycles. The van der Waals surface area contributed by atoms with Crippen LogP contribution in [0.4, 0.5) is 5.69 Å². The Balaban J connectivity index is 2.21. The quantitative estimate of drug-likeness (QED) is 0.785. The van der Waals surface area contributed by atoms with E-state index in [9.17, 15) is 9.59 Å². The molecule has 6 heteroatoms. The highest BCUT2D eigenvalue weighted by atomic mass is 79.9. The van der Waals surface area contributed by atoms with Crippen LogP contribution in [0.5, 0.6) is 0 Å². The van der Waals surface area contributed by atoms with Crippen molar-refractivity contribution in [2.75, 3.05) is 32.4 Å². The normalized spacial score (nSPS) is 16.0. The Bertz CT molecular complexity index is 504. The molecule has 96 valence electrons. The van der Waals surface area contributed by atoms with Gasteiger partial charge in [-0.05, 0) is 18.2 Å². The fourth-order valence-electron chi connectivity index (χ4n) is 1.82. The summed E-state index contributed by atoms with van der Waals surface area (Å²) in [7, 11) is 1.73. The maximum Gasteiger partial charge on any atom is 0.256 e. The average molecular weight is 312 g/mol. The molecule has 0 radical (unpaired) electrons. The van der Waals surface area contributed by atoms with Gasteiger partial charge in [0, 0.05) is 30.3 Å². The first kappa shape index (κ1) is 12.9. The van der Waals surface area contributed by atoms with Crippen molar-refractivity contribution < 1.29 is 9.59 Å². The molecule has 0 saturated carbocycles. The van der Waals surface area contributed by atoms with Gasteiger partial charge in [-0.3, -0.25) is 9.59 Å². The van der Waals surface area contributed by atoms with Crippen LogP contribution in [0.15, 0.2) is 22.7 Å². The molecule has 1 aromatic rings. The van der Waals surface area contributed by atoms with Crippen LogP contribution in [-0.2, 0) is 4.79 Å². The molecule has 2 N–H and O–H groups in total. The first-order valence-corrected chi connectivity index (χ1v) is 6.36. The summed E-state index contributed by atoms with van der Waals surface area (Å²) in [5.74, 6) is -0.251. The number of nitrogens with zero attached hydrogens (tertiary/aromatic N) is 2. The third kappa shape index (κ3) is 2.48. The zero-order valence-electron chi connectivity index (χ0n) is 10.0. The van der Waals surface area contributed by atoms with Crippen molar-refractivity contribution >= 4 is 33.4 Å². The number of carbonyl (C=O) groups is 2. The Morgan fingerprint density at radius 1 is 1.39 bits per heavy atom. The number of benzene rings is 1. The number of hydrogen-bond donors (Lipinski definition) is 1. The van der Waals surface area contributed by atoms with E-state index in [4.69, 9.17) is 5.73 Å². The van der Waals surface area contributed by atoms with Crippen LogP contribution in [0.2, 0.25) is 0 Å². The van der Waals surface area contributed by atoms with E-state index < -0.39 is 0 Å². The predicted molar refractivity (Wildman–Crippen MR) is 72.1 cm³/mol. The smallest absolute Gasteiger partial charge is 0.256 e. The van der Waals surface area contributed by atoms with Gasteiger partial charge in [-0.1, -0.05) is 15.9 Å². The molecule has 1 aromatic carbocycles. The maximum atomic E-state index is 12.3. The molecule has 0 bridgehead atoms. The van der Waals surface area contributed by atoms with Crippen LogP contribution < -0.4 is 5.73 Å². The van der Waals surface area contributed by atoms with Crippen molar-refractivity contribution in [2.24, 2.45) is 0 Å². The monoisotopic (exact) mass is 311 g/mol. The third-order valence-electron chi connectivity index (χ3n) is 2.99. The lowest BCUT2D eigenvalue weighted by Crippen LogP contribution is -2.50. The van der Waals surface area contributed by atoms with Crippen LogP contribution in [-0.4, -0.2) is 48.3 Å². The molecule has 0 unspecified atom stereocenters. The van der Waals surface area contributed by atoms with Gasteiger partial charge in [-0.15, -0.1) is 0 Å². The molecular weight excluding hydrogens is 298 g/mol. The van der Waals surface area contributed by atoms with Crippen molar-refractivity contribution in [3.63, 3.8) is 0 Å². The van der Waals surface area contributed by atoms with Gasteiger partial charge in [0.1, 0.15) is 6.54 Å². The van der Waals surface area contributed by atoms with Crippen molar-refractivity contribution in [2.45, 2.75) is 0 Å². The molecule has 0 spiro atoms. The van der Waals surface area contributed by atoms with Crippen molar-refractivity contribution in [1.82, 2.24) is 9.80 Å². The van der Waals surface area contributed by atoms with Crippen molar-refractivity contribution in [1.29, 1.82) is 0 Å². The van der Waals surface area contributed by atoms with Crippen LogP contribution in [0.3, 0.4) is 0 Å². The molecule has 1 saturated heterocycles. The number of piperazine rings is 1. The number of anilines is 1. The van der Waals surface area contributed by atoms with Gasteiger partial charge in [-0.25, -0.2) is 0 Å². The zero-order chi connectivity index (χ0) is 13.3. The van der Waals surface area contributed by atoms with E-state index in [0.717, 1.165) is 4.47 Å². The highest BCUT2D eigenvalue weighted by Gasteiger charge is 2.26. The Kier molecular flexibility index (Phi) is 3.56. The second-order valence-corrected chi connectivity index (χ2v) is 5.19. The van der Waals surface area contributed by atoms with E-state index >= 15 is 0 Å². The first-order chi connectivity index (χ1) is 8.49. The highest BCUT2D eigenvalue weighted by molar-refractivity contribution is 9.10. The standard InChI is InChI=1S/C12H14BrN3O2/c1-15-4-5-16(7-11(15)17)12(18)9-6-8(13)2-3-10(9)14/h2-3,6H,4-5,7,14H2,1H3. The fraction of sp³-hybridized carbons (Fsp3) is 0.333. The van der Waals surface area contributed by atoms with Gasteiger partial charge >= 0.3 is 0 Å². The molecule has 18 heavy (non-hydrogen) atoms. The summed E-state index contributed by atoms with van der Waals surface area (Å²) in [6.45, 7) is 1.20. The number of carbonyl (C=O) groups excluding carboxylic acids is 2. The Morgan fingerprint density at radius 3 is 2.78 bits per heavy atom. The molecule has 1 aliphatic heterocycles. The highest BCUT2D eigenvalue weighted by Crippen LogP contribution is 2.20. The summed E-state index contributed by atoms with van der Waals surface area (Å²) in [5, 5.41) is 0. The van der Waals surface area contributed by atoms with Gasteiger partial charge in [0.25, 0.3) is 5.91 Å². The number of hydrogen-bond acceptors (Lipinski definition) is 3. The Labute approximate surface area is 114 Å². The van der Waals surface area contributed by atoms with Crippen LogP contribution in [0, 0.1) is 0 Å². The van der Waals surface area contributed by atoms with Crippen molar-refractivity contribution in [3.8, 4) is 0 Å². The summed E-state index contributed by atoms with van der Waals surface area (Å²) >= 11 is 3.31. The van der Waals surface area contributed by atoms with E-state index in [0.29, 0.717) is 24.3 Å². The fourth-order valence-corrected chi connectivity index (χ4v) is 2.18. The van der Waals surface area contributed by atoms with Crippen LogP contribution in [0.1, 0.15) is 10.4 Å². The SMILES string of the molecule is CN1CCN(C(=O)c2cc(Br)ccc2N)CC1=O. The first-order valence-electron chi connectivity index (χ1n) is 5.57. The molecule has 1 fully saturated rings. The summed E-state index contributed by atoms with van der Waals surface area (Å²) in [6, 6.07) is 5.14. The molecule has 1 heterocycles. The molecule has 0 aromatic heterocycles. The molecule has 2 amide bonds. The maximum absolute atomic E-state index is 12.3. The molecule has 2 rings (SSSR count). The zero-order valence-corrected chi connectivity index (χ0v) is 11.6. The van der Waals surface area contributed by atoms with Crippen molar-refractivity contribution in [3.05, 3.63) is 28.2 Å². The minimum atomic E-state index is -0.199. The van der Waals surface area contributed by atoms with E-state index in [1.165, 1.54) is 4.90 Å². The van der Waals surface area contributed by atoms with E-state index in [-0.39, 0.29) is 18.4 Å². The molecule has 5 nitrogen and oxygen atoms in total. The number of halogens is 1. The molecule has 0 atom stereocenters. The number of likely N-dealkylation sites (N-methyl/N-ethyl adjacent to an activating group) is 1. The van der Waals surface area contributed by atoms with E-state index in [1.54, 1.807) is 30.1 Å². The summed E-state index contributed by atoms with van der Waals surface area (Å²) < 4.78 is 0.792. The Hall–Kier alpha value is -1.56.